The summed E-state index contributed by atoms with van der Waals surface area (Å²) in [5, 5.41) is 3.93. The van der Waals surface area contributed by atoms with Crippen molar-refractivity contribution in [1.29, 1.82) is 0 Å². The van der Waals surface area contributed by atoms with Crippen molar-refractivity contribution >= 4 is 35.0 Å². The fraction of sp³-hybridized carbons (Fsp3) is 0.529. The Morgan fingerprint density at radius 2 is 1.78 bits per heavy atom. The lowest BCUT2D eigenvalue weighted by atomic mass is 9.94. The monoisotopic (exact) mass is 356 g/mol. The van der Waals surface area contributed by atoms with Crippen LogP contribution >= 0.6 is 23.2 Å². The predicted octanol–water partition coefficient (Wildman–Crippen LogP) is 3.76. The van der Waals surface area contributed by atoms with Crippen LogP contribution in [0.15, 0.2) is 18.2 Å². The summed E-state index contributed by atoms with van der Waals surface area (Å²) >= 11 is 12.0. The number of amides is 2. The number of rotatable bonds is 2. The molecule has 1 fully saturated rings. The lowest BCUT2D eigenvalue weighted by Crippen LogP contribution is -2.49. The third kappa shape index (κ3) is 4.61. The second-order valence-corrected chi connectivity index (χ2v) is 7.76. The molecule has 23 heavy (non-hydrogen) atoms. The van der Waals surface area contributed by atoms with Crippen molar-refractivity contribution < 1.29 is 9.59 Å². The Bertz CT molecular complexity index is 603. The molecule has 2 amide bonds. The first-order valence-corrected chi connectivity index (χ1v) is 8.49. The summed E-state index contributed by atoms with van der Waals surface area (Å²) in [6.07, 6.45) is 1.50. The van der Waals surface area contributed by atoms with E-state index in [0.29, 0.717) is 28.7 Å². The van der Waals surface area contributed by atoms with Crippen molar-refractivity contribution in [2.45, 2.75) is 39.7 Å². The van der Waals surface area contributed by atoms with E-state index in [1.165, 1.54) is 0 Å². The number of carbonyl (C=O) groups is 2. The van der Waals surface area contributed by atoms with Crippen molar-refractivity contribution in [2.75, 3.05) is 13.1 Å². The maximum Gasteiger partial charge on any atom is 0.255 e. The Hall–Kier alpha value is -1.26. The van der Waals surface area contributed by atoms with Gasteiger partial charge in [-0.2, -0.15) is 0 Å². The molecule has 0 atom stereocenters. The Balaban J connectivity index is 1.94. The van der Waals surface area contributed by atoms with Crippen LogP contribution in [0.1, 0.15) is 44.0 Å². The van der Waals surface area contributed by atoms with Gasteiger partial charge in [-0.3, -0.25) is 9.59 Å². The molecule has 1 aliphatic rings. The molecule has 0 unspecified atom stereocenters. The molecule has 1 aromatic carbocycles. The van der Waals surface area contributed by atoms with Gasteiger partial charge in [0.25, 0.3) is 5.91 Å². The first kappa shape index (κ1) is 18.1. The van der Waals surface area contributed by atoms with Crippen molar-refractivity contribution in [2.24, 2.45) is 5.41 Å². The Morgan fingerprint density at radius 1 is 1.17 bits per heavy atom. The lowest BCUT2D eigenvalue weighted by Gasteiger charge is -2.34. The lowest BCUT2D eigenvalue weighted by molar-refractivity contribution is -0.129. The summed E-state index contributed by atoms with van der Waals surface area (Å²) in [4.78, 5) is 26.3. The van der Waals surface area contributed by atoms with Gasteiger partial charge in [0, 0.05) is 29.6 Å². The van der Waals surface area contributed by atoms with Crippen LogP contribution in [-0.4, -0.2) is 35.8 Å². The Labute approximate surface area is 147 Å². The average molecular weight is 357 g/mol. The van der Waals surface area contributed by atoms with E-state index in [1.807, 2.05) is 20.8 Å². The molecule has 0 radical (unpaired) electrons. The quantitative estimate of drug-likeness (QED) is 0.876. The summed E-state index contributed by atoms with van der Waals surface area (Å²) in [7, 11) is 0. The standard InChI is InChI=1S/C17H22Cl2N2O2/c1-17(2,3)16(23)20-12-6-8-21(9-7-12)15(22)13-5-4-11(18)10-14(13)19/h4-5,10,12H,6-9H2,1-3H3,(H,20,23). The topological polar surface area (TPSA) is 49.4 Å². The van der Waals surface area contributed by atoms with E-state index in [-0.39, 0.29) is 17.9 Å². The molecule has 1 aromatic rings. The third-order valence-corrected chi connectivity index (χ3v) is 4.51. The summed E-state index contributed by atoms with van der Waals surface area (Å²) < 4.78 is 0. The summed E-state index contributed by atoms with van der Waals surface area (Å²) in [6, 6.07) is 5.01. The van der Waals surface area contributed by atoms with E-state index in [9.17, 15) is 9.59 Å². The molecule has 0 spiro atoms. The van der Waals surface area contributed by atoms with Crippen LogP contribution in [-0.2, 0) is 4.79 Å². The Kier molecular flexibility index (Phi) is 5.58. The molecule has 6 heteroatoms. The third-order valence-electron chi connectivity index (χ3n) is 3.96. The molecule has 126 valence electrons. The number of nitrogens with one attached hydrogen (secondary N) is 1. The minimum atomic E-state index is -0.399. The van der Waals surface area contributed by atoms with E-state index in [4.69, 9.17) is 23.2 Å². The van der Waals surface area contributed by atoms with Gasteiger partial charge in [0.05, 0.1) is 10.6 Å². The first-order chi connectivity index (χ1) is 10.7. The normalized spacial score (nSPS) is 16.3. The van der Waals surface area contributed by atoms with Crippen molar-refractivity contribution in [1.82, 2.24) is 10.2 Å². The molecule has 1 N–H and O–H groups in total. The van der Waals surface area contributed by atoms with Gasteiger partial charge in [-0.05, 0) is 31.0 Å². The molecule has 1 aliphatic heterocycles. The maximum atomic E-state index is 12.5. The van der Waals surface area contributed by atoms with Crippen LogP contribution < -0.4 is 5.32 Å². The summed E-state index contributed by atoms with van der Waals surface area (Å²) in [5.41, 5.74) is 0.0669. The minimum absolute atomic E-state index is 0.0445. The number of carbonyl (C=O) groups excluding carboxylic acids is 2. The number of nitrogens with zero attached hydrogens (tertiary/aromatic N) is 1. The molecule has 0 aliphatic carbocycles. The van der Waals surface area contributed by atoms with Crippen LogP contribution in [0.4, 0.5) is 0 Å². The molecule has 1 heterocycles. The highest BCUT2D eigenvalue weighted by molar-refractivity contribution is 6.36. The first-order valence-electron chi connectivity index (χ1n) is 7.74. The largest absolute Gasteiger partial charge is 0.353 e. The van der Waals surface area contributed by atoms with E-state index in [2.05, 4.69) is 5.32 Å². The fourth-order valence-electron chi connectivity index (χ4n) is 2.46. The highest BCUT2D eigenvalue weighted by Crippen LogP contribution is 2.24. The van der Waals surface area contributed by atoms with Gasteiger partial charge in [0.15, 0.2) is 0 Å². The van der Waals surface area contributed by atoms with E-state index >= 15 is 0 Å². The van der Waals surface area contributed by atoms with Gasteiger partial charge < -0.3 is 10.2 Å². The molecule has 0 saturated carbocycles. The van der Waals surface area contributed by atoms with Crippen LogP contribution in [0.2, 0.25) is 10.0 Å². The molecule has 2 rings (SSSR count). The average Bonchev–Trinajstić information content (AvgIpc) is 2.46. The van der Waals surface area contributed by atoms with E-state index < -0.39 is 5.41 Å². The highest BCUT2D eigenvalue weighted by atomic mass is 35.5. The molecule has 4 nitrogen and oxygen atoms in total. The van der Waals surface area contributed by atoms with Crippen LogP contribution in [0, 0.1) is 5.41 Å². The van der Waals surface area contributed by atoms with Crippen LogP contribution in [0.25, 0.3) is 0 Å². The van der Waals surface area contributed by atoms with E-state index in [0.717, 1.165) is 12.8 Å². The molecule has 0 bridgehead atoms. The van der Waals surface area contributed by atoms with Gasteiger partial charge in [-0.25, -0.2) is 0 Å². The smallest absolute Gasteiger partial charge is 0.255 e. The molecular weight excluding hydrogens is 335 g/mol. The van der Waals surface area contributed by atoms with Crippen molar-refractivity contribution in [3.05, 3.63) is 33.8 Å². The van der Waals surface area contributed by atoms with Gasteiger partial charge in [-0.15, -0.1) is 0 Å². The van der Waals surface area contributed by atoms with Gasteiger partial charge in [0.1, 0.15) is 0 Å². The minimum Gasteiger partial charge on any atom is -0.353 e. The van der Waals surface area contributed by atoms with Gasteiger partial charge in [0.2, 0.25) is 5.91 Å². The van der Waals surface area contributed by atoms with Crippen LogP contribution in [0.3, 0.4) is 0 Å². The van der Waals surface area contributed by atoms with Crippen LogP contribution in [0.5, 0.6) is 0 Å². The summed E-state index contributed by atoms with van der Waals surface area (Å²) in [5.74, 6) is -0.0460. The highest BCUT2D eigenvalue weighted by Gasteiger charge is 2.28. The number of likely N-dealkylation sites (tertiary alicyclic amines) is 1. The zero-order valence-corrected chi connectivity index (χ0v) is 15.2. The molecular formula is C17H22Cl2N2O2. The zero-order valence-electron chi connectivity index (χ0n) is 13.7. The second kappa shape index (κ2) is 7.10. The molecule has 0 aromatic heterocycles. The molecule has 1 saturated heterocycles. The number of halogens is 2. The number of benzene rings is 1. The number of hydrogen-bond acceptors (Lipinski definition) is 2. The SMILES string of the molecule is CC(C)(C)C(=O)NC1CCN(C(=O)c2ccc(Cl)cc2Cl)CC1. The summed E-state index contributed by atoms with van der Waals surface area (Å²) in [6.45, 7) is 6.89. The Morgan fingerprint density at radius 3 is 2.30 bits per heavy atom. The number of piperidine rings is 1. The number of hydrogen-bond donors (Lipinski definition) is 1. The van der Waals surface area contributed by atoms with E-state index in [1.54, 1.807) is 23.1 Å². The van der Waals surface area contributed by atoms with Crippen molar-refractivity contribution in [3.8, 4) is 0 Å². The fourth-order valence-corrected chi connectivity index (χ4v) is 2.95. The maximum absolute atomic E-state index is 12.5. The van der Waals surface area contributed by atoms with Gasteiger partial charge >= 0.3 is 0 Å². The van der Waals surface area contributed by atoms with Gasteiger partial charge in [-0.1, -0.05) is 44.0 Å². The van der Waals surface area contributed by atoms with Crippen molar-refractivity contribution in [3.63, 3.8) is 0 Å². The predicted molar refractivity (Wildman–Crippen MR) is 93.0 cm³/mol. The second-order valence-electron chi connectivity index (χ2n) is 6.91. The zero-order chi connectivity index (χ0) is 17.2.